The number of rotatable bonds is 6. The number of fused-ring (bicyclic) bond motifs is 1. The molecule has 0 spiro atoms. The standard InChI is InChI=1S/C23H27N5O4/c1-3-32-22(29)17-7-4-5-8-18(17)26-23(30)27-13-10-16(11-14-27)28-20(15-31-2)25-19-9-6-12-24-21(19)28/h4-9,12,16H,3,10-11,13-15H2,1-2H3,(H,26,30). The van der Waals surface area contributed by atoms with E-state index in [-0.39, 0.29) is 18.7 Å². The molecule has 4 rings (SSSR count). The number of pyridine rings is 1. The van der Waals surface area contributed by atoms with Crippen LogP contribution >= 0.6 is 0 Å². The monoisotopic (exact) mass is 437 g/mol. The van der Waals surface area contributed by atoms with Gasteiger partial charge in [-0.25, -0.2) is 19.6 Å². The lowest BCUT2D eigenvalue weighted by molar-refractivity contribution is 0.0527. The average molecular weight is 438 g/mol. The third kappa shape index (κ3) is 4.43. The van der Waals surface area contributed by atoms with E-state index in [1.165, 1.54) is 0 Å². The molecule has 3 aromatic rings. The van der Waals surface area contributed by atoms with Gasteiger partial charge in [-0.3, -0.25) is 0 Å². The SMILES string of the molecule is CCOC(=O)c1ccccc1NC(=O)N1CCC(n2c(COC)nc3cccnc32)CC1. The van der Waals surface area contributed by atoms with Crippen molar-refractivity contribution >= 4 is 28.9 Å². The van der Waals surface area contributed by atoms with Gasteiger partial charge in [0.25, 0.3) is 0 Å². The fraction of sp³-hybridized carbons (Fsp3) is 0.391. The van der Waals surface area contributed by atoms with Crippen molar-refractivity contribution in [2.24, 2.45) is 0 Å². The number of ether oxygens (including phenoxy) is 2. The molecule has 0 aliphatic carbocycles. The highest BCUT2D eigenvalue weighted by molar-refractivity contribution is 6.00. The van der Waals surface area contributed by atoms with Gasteiger partial charge in [0, 0.05) is 32.4 Å². The number of anilines is 1. The summed E-state index contributed by atoms with van der Waals surface area (Å²) in [5.41, 5.74) is 2.48. The van der Waals surface area contributed by atoms with Crippen LogP contribution in [0.25, 0.3) is 11.2 Å². The zero-order valence-electron chi connectivity index (χ0n) is 18.3. The van der Waals surface area contributed by atoms with Crippen LogP contribution in [0.1, 0.15) is 42.0 Å². The van der Waals surface area contributed by atoms with E-state index in [9.17, 15) is 9.59 Å². The summed E-state index contributed by atoms with van der Waals surface area (Å²) >= 11 is 0. The highest BCUT2D eigenvalue weighted by Gasteiger charge is 2.27. The molecule has 2 aromatic heterocycles. The number of piperidine rings is 1. The van der Waals surface area contributed by atoms with Crippen LogP contribution in [0.2, 0.25) is 0 Å². The van der Waals surface area contributed by atoms with Crippen LogP contribution in [0.4, 0.5) is 10.5 Å². The Morgan fingerprint density at radius 1 is 1.16 bits per heavy atom. The summed E-state index contributed by atoms with van der Waals surface area (Å²) in [6, 6.07) is 10.6. The number of likely N-dealkylation sites (tertiary alicyclic amines) is 1. The number of para-hydroxylation sites is 1. The Morgan fingerprint density at radius 2 is 1.94 bits per heavy atom. The summed E-state index contributed by atoms with van der Waals surface area (Å²) in [5.74, 6) is 0.389. The fourth-order valence-electron chi connectivity index (χ4n) is 4.09. The molecule has 0 unspecified atom stereocenters. The molecule has 1 fully saturated rings. The molecule has 2 amide bonds. The van der Waals surface area contributed by atoms with Gasteiger partial charge in [0.05, 0.1) is 17.9 Å². The summed E-state index contributed by atoms with van der Waals surface area (Å²) in [4.78, 5) is 36.0. The van der Waals surface area contributed by atoms with Gasteiger partial charge in [-0.2, -0.15) is 0 Å². The Balaban J connectivity index is 1.45. The third-order valence-corrected chi connectivity index (χ3v) is 5.58. The number of carbonyl (C=O) groups excluding carboxylic acids is 2. The average Bonchev–Trinajstić information content (AvgIpc) is 3.18. The molecule has 3 heterocycles. The van der Waals surface area contributed by atoms with Crippen LogP contribution in [0.3, 0.4) is 0 Å². The van der Waals surface area contributed by atoms with Crippen LogP contribution in [-0.2, 0) is 16.1 Å². The molecule has 0 atom stereocenters. The minimum Gasteiger partial charge on any atom is -0.462 e. The van der Waals surface area contributed by atoms with Crippen molar-refractivity contribution in [3.05, 3.63) is 54.0 Å². The van der Waals surface area contributed by atoms with Gasteiger partial charge >= 0.3 is 12.0 Å². The molecule has 32 heavy (non-hydrogen) atoms. The first-order valence-corrected chi connectivity index (χ1v) is 10.7. The maximum absolute atomic E-state index is 12.9. The molecule has 0 radical (unpaired) electrons. The maximum Gasteiger partial charge on any atom is 0.340 e. The summed E-state index contributed by atoms with van der Waals surface area (Å²) < 4.78 is 12.6. The fourth-order valence-corrected chi connectivity index (χ4v) is 4.09. The Kier molecular flexibility index (Phi) is 6.65. The van der Waals surface area contributed by atoms with Crippen molar-refractivity contribution in [1.29, 1.82) is 0 Å². The Hall–Kier alpha value is -3.46. The molecule has 1 N–H and O–H groups in total. The highest BCUT2D eigenvalue weighted by Crippen LogP contribution is 2.29. The Labute approximate surface area is 186 Å². The quantitative estimate of drug-likeness (QED) is 0.592. The second-order valence-electron chi connectivity index (χ2n) is 7.59. The van der Waals surface area contributed by atoms with E-state index in [0.717, 1.165) is 29.8 Å². The lowest BCUT2D eigenvalue weighted by Crippen LogP contribution is -2.41. The number of urea groups is 1. The smallest absolute Gasteiger partial charge is 0.340 e. The van der Waals surface area contributed by atoms with Gasteiger partial charge < -0.3 is 24.3 Å². The van der Waals surface area contributed by atoms with Gasteiger partial charge in [0.15, 0.2) is 5.65 Å². The minimum absolute atomic E-state index is 0.177. The zero-order chi connectivity index (χ0) is 22.5. The number of imidazole rings is 1. The number of aromatic nitrogens is 3. The van der Waals surface area contributed by atoms with Gasteiger partial charge in [-0.05, 0) is 44.0 Å². The molecule has 1 aromatic carbocycles. The van der Waals surface area contributed by atoms with Gasteiger partial charge in [-0.15, -0.1) is 0 Å². The van der Waals surface area contributed by atoms with Crippen molar-refractivity contribution in [2.75, 3.05) is 32.1 Å². The molecular weight excluding hydrogens is 410 g/mol. The first-order valence-electron chi connectivity index (χ1n) is 10.7. The zero-order valence-corrected chi connectivity index (χ0v) is 18.3. The number of carbonyl (C=O) groups is 2. The molecule has 9 nitrogen and oxygen atoms in total. The van der Waals surface area contributed by atoms with E-state index in [4.69, 9.17) is 9.47 Å². The van der Waals surface area contributed by atoms with Crippen LogP contribution in [0.15, 0.2) is 42.6 Å². The van der Waals surface area contributed by atoms with Crippen molar-refractivity contribution < 1.29 is 19.1 Å². The highest BCUT2D eigenvalue weighted by atomic mass is 16.5. The van der Waals surface area contributed by atoms with E-state index in [2.05, 4.69) is 19.9 Å². The molecule has 1 saturated heterocycles. The van der Waals surface area contributed by atoms with E-state index >= 15 is 0 Å². The molecule has 1 aliphatic rings. The molecule has 0 saturated carbocycles. The van der Waals surface area contributed by atoms with Gasteiger partial charge in [0.1, 0.15) is 17.9 Å². The van der Waals surface area contributed by atoms with E-state index in [1.54, 1.807) is 49.4 Å². The number of methoxy groups -OCH3 is 1. The minimum atomic E-state index is -0.452. The van der Waals surface area contributed by atoms with Crippen LogP contribution in [0, 0.1) is 0 Å². The van der Waals surface area contributed by atoms with E-state index in [0.29, 0.717) is 30.9 Å². The van der Waals surface area contributed by atoms with Crippen molar-refractivity contribution in [1.82, 2.24) is 19.4 Å². The first-order chi connectivity index (χ1) is 15.6. The number of hydrogen-bond donors (Lipinski definition) is 1. The van der Waals surface area contributed by atoms with Crippen LogP contribution in [0.5, 0.6) is 0 Å². The van der Waals surface area contributed by atoms with Crippen molar-refractivity contribution in [3.8, 4) is 0 Å². The largest absolute Gasteiger partial charge is 0.462 e. The molecule has 0 bridgehead atoms. The van der Waals surface area contributed by atoms with Crippen LogP contribution < -0.4 is 5.32 Å². The third-order valence-electron chi connectivity index (χ3n) is 5.58. The Bertz CT molecular complexity index is 1100. The number of nitrogens with one attached hydrogen (secondary N) is 1. The lowest BCUT2D eigenvalue weighted by atomic mass is 10.0. The molecular formula is C23H27N5O4. The van der Waals surface area contributed by atoms with E-state index in [1.807, 2.05) is 12.1 Å². The molecule has 168 valence electrons. The van der Waals surface area contributed by atoms with Crippen LogP contribution in [-0.4, -0.2) is 58.2 Å². The second kappa shape index (κ2) is 9.78. The first kappa shape index (κ1) is 21.8. The molecule has 9 heteroatoms. The summed E-state index contributed by atoms with van der Waals surface area (Å²) in [7, 11) is 1.65. The van der Waals surface area contributed by atoms with Crippen molar-refractivity contribution in [2.45, 2.75) is 32.4 Å². The van der Waals surface area contributed by atoms with Gasteiger partial charge in [0.2, 0.25) is 0 Å². The molecule has 1 aliphatic heterocycles. The predicted molar refractivity (Wildman–Crippen MR) is 120 cm³/mol. The van der Waals surface area contributed by atoms with Crippen molar-refractivity contribution in [3.63, 3.8) is 0 Å². The summed E-state index contributed by atoms with van der Waals surface area (Å²) in [6.07, 6.45) is 3.30. The predicted octanol–water partition coefficient (Wildman–Crippen LogP) is 3.62. The van der Waals surface area contributed by atoms with E-state index < -0.39 is 5.97 Å². The topological polar surface area (TPSA) is 98.6 Å². The summed E-state index contributed by atoms with van der Waals surface area (Å²) in [6.45, 7) is 3.59. The summed E-state index contributed by atoms with van der Waals surface area (Å²) in [5, 5.41) is 2.87. The second-order valence-corrected chi connectivity index (χ2v) is 7.59. The number of amides is 2. The number of esters is 1. The van der Waals surface area contributed by atoms with Gasteiger partial charge in [-0.1, -0.05) is 12.1 Å². The Morgan fingerprint density at radius 3 is 2.69 bits per heavy atom. The normalized spacial score (nSPS) is 14.5. The maximum atomic E-state index is 12.9. The number of benzene rings is 1. The lowest BCUT2D eigenvalue weighted by Gasteiger charge is -2.33. The number of hydrogen-bond acceptors (Lipinski definition) is 6. The number of nitrogens with zero attached hydrogens (tertiary/aromatic N) is 4.